The van der Waals surface area contributed by atoms with E-state index in [2.05, 4.69) is 40.9 Å². The van der Waals surface area contributed by atoms with Crippen LogP contribution in [0.4, 0.5) is 28.8 Å². The number of carbonyl (C=O) groups excluding carboxylic acids is 2. The smallest absolute Gasteiger partial charge is 0.260 e. The Morgan fingerprint density at radius 3 is 2.40 bits per heavy atom. The number of carbonyl (C=O) groups is 2. The number of aromatic nitrogens is 2. The topological polar surface area (TPSA) is 84.9 Å². The molecule has 2 aliphatic heterocycles. The van der Waals surface area contributed by atoms with E-state index in [9.17, 15) is 9.59 Å². The highest BCUT2D eigenvalue weighted by Crippen LogP contribution is 2.41. The lowest BCUT2D eigenvalue weighted by Crippen LogP contribution is -2.48. The zero-order valence-corrected chi connectivity index (χ0v) is 25.3. The molecule has 9 nitrogen and oxygen atoms in total. The molecule has 1 saturated heterocycles. The van der Waals surface area contributed by atoms with Crippen molar-refractivity contribution in [3.8, 4) is 0 Å². The predicted molar refractivity (Wildman–Crippen MR) is 169 cm³/mol. The van der Waals surface area contributed by atoms with Gasteiger partial charge in [0.25, 0.3) is 11.8 Å². The third-order valence-electron chi connectivity index (χ3n) is 8.45. The molecule has 1 N–H and O–H groups in total. The van der Waals surface area contributed by atoms with E-state index in [0.717, 1.165) is 50.5 Å². The number of amides is 2. The number of fused-ring (bicyclic) bond motifs is 2. The summed E-state index contributed by atoms with van der Waals surface area (Å²) in [6.45, 7) is 11.0. The zero-order chi connectivity index (χ0) is 29.6. The molecule has 0 saturated carbocycles. The monoisotopic (exact) mass is 569 g/mol. The Hall–Kier alpha value is -3.98. The van der Waals surface area contributed by atoms with E-state index in [1.54, 1.807) is 18.1 Å². The normalized spacial score (nSPS) is 16.1. The number of hydrogen-bond donors (Lipinski definition) is 1. The Balaban J connectivity index is 1.28. The van der Waals surface area contributed by atoms with Crippen LogP contribution in [0.1, 0.15) is 73.6 Å². The van der Waals surface area contributed by atoms with Crippen molar-refractivity contribution < 1.29 is 9.59 Å². The summed E-state index contributed by atoms with van der Waals surface area (Å²) in [5.74, 6) is 1.09. The molecule has 1 unspecified atom stereocenters. The Labute approximate surface area is 249 Å². The third kappa shape index (κ3) is 6.26. The van der Waals surface area contributed by atoms with Gasteiger partial charge in [-0.2, -0.15) is 4.98 Å². The molecule has 0 radical (unpaired) electrons. The number of nitrogens with zero attached hydrogens (tertiary/aromatic N) is 6. The lowest BCUT2D eigenvalue weighted by atomic mass is 10.1. The van der Waals surface area contributed by atoms with E-state index >= 15 is 0 Å². The molecule has 222 valence electrons. The van der Waals surface area contributed by atoms with Gasteiger partial charge < -0.3 is 20.0 Å². The third-order valence-corrected chi connectivity index (χ3v) is 8.45. The molecular weight excluding hydrogens is 526 g/mol. The molecule has 3 aromatic rings. The second-order valence-electron chi connectivity index (χ2n) is 11.3. The summed E-state index contributed by atoms with van der Waals surface area (Å²) in [6, 6.07) is 15.3. The Morgan fingerprint density at radius 1 is 0.952 bits per heavy atom. The molecule has 2 aromatic carbocycles. The molecule has 2 amide bonds. The number of unbranched alkanes of at least 4 members (excludes halogenated alkanes) is 3. The van der Waals surface area contributed by atoms with Gasteiger partial charge in [-0.25, -0.2) is 4.98 Å². The van der Waals surface area contributed by atoms with Gasteiger partial charge in [0.2, 0.25) is 5.95 Å². The molecule has 3 heterocycles. The van der Waals surface area contributed by atoms with E-state index in [1.165, 1.54) is 25.7 Å². The van der Waals surface area contributed by atoms with Crippen molar-refractivity contribution in [3.05, 3.63) is 65.9 Å². The lowest BCUT2D eigenvalue weighted by Gasteiger charge is -2.34. The standard InChI is InChI=1S/C33H43N7O2/c1-5-7-8-11-18-38-19-21-39(22-20-38)31(41)25-14-16-26(17-15-25)35-33-34-23-29-30(36-33)40(24(3)6-2)28-13-10-9-12-27(28)32(42)37(29)4/h9-10,12-17,23-24H,5-8,11,18-22H2,1-4H3,(H,34,35,36). The minimum Gasteiger partial charge on any atom is -0.336 e. The average molecular weight is 570 g/mol. The van der Waals surface area contributed by atoms with Crippen molar-refractivity contribution in [2.45, 2.75) is 58.9 Å². The average Bonchev–Trinajstić information content (AvgIpc) is 3.11. The summed E-state index contributed by atoms with van der Waals surface area (Å²) < 4.78 is 0. The van der Waals surface area contributed by atoms with Gasteiger partial charge in [0, 0.05) is 50.5 Å². The molecule has 9 heteroatoms. The van der Waals surface area contributed by atoms with Crippen molar-refractivity contribution >= 4 is 40.6 Å². The van der Waals surface area contributed by atoms with Crippen LogP contribution in [-0.4, -0.2) is 77.4 Å². The molecule has 0 aliphatic carbocycles. The molecule has 1 aromatic heterocycles. The van der Waals surface area contributed by atoms with Crippen LogP contribution < -0.4 is 15.1 Å². The minimum absolute atomic E-state index is 0.0732. The molecule has 1 fully saturated rings. The molecule has 5 rings (SSSR count). The summed E-state index contributed by atoms with van der Waals surface area (Å²) in [7, 11) is 1.76. The van der Waals surface area contributed by atoms with Gasteiger partial charge in [0.1, 0.15) is 5.69 Å². The fourth-order valence-corrected chi connectivity index (χ4v) is 5.68. The number of anilines is 5. The fraction of sp³-hybridized carbons (Fsp3) is 0.455. The van der Waals surface area contributed by atoms with Gasteiger partial charge >= 0.3 is 0 Å². The zero-order valence-electron chi connectivity index (χ0n) is 25.3. The van der Waals surface area contributed by atoms with Crippen molar-refractivity contribution in [1.82, 2.24) is 19.8 Å². The number of piperazine rings is 1. The number of benzene rings is 2. The van der Waals surface area contributed by atoms with Gasteiger partial charge in [-0.3, -0.25) is 14.5 Å². The molecule has 1 atom stereocenters. The van der Waals surface area contributed by atoms with E-state index in [1.807, 2.05) is 53.4 Å². The number of nitrogens with one attached hydrogen (secondary N) is 1. The number of hydrogen-bond acceptors (Lipinski definition) is 7. The minimum atomic E-state index is -0.0874. The van der Waals surface area contributed by atoms with Crippen LogP contribution in [0, 0.1) is 0 Å². The van der Waals surface area contributed by atoms with Crippen LogP contribution in [0.15, 0.2) is 54.7 Å². The highest BCUT2D eigenvalue weighted by molar-refractivity contribution is 6.13. The first-order valence-electron chi connectivity index (χ1n) is 15.3. The molecule has 0 bridgehead atoms. The largest absolute Gasteiger partial charge is 0.336 e. The van der Waals surface area contributed by atoms with Gasteiger partial charge in [-0.15, -0.1) is 0 Å². The van der Waals surface area contributed by atoms with Crippen molar-refractivity contribution in [2.75, 3.05) is 54.9 Å². The second-order valence-corrected chi connectivity index (χ2v) is 11.3. The summed E-state index contributed by atoms with van der Waals surface area (Å²) in [6.07, 6.45) is 7.65. The maximum atomic E-state index is 13.3. The number of para-hydroxylation sites is 1. The van der Waals surface area contributed by atoms with Crippen molar-refractivity contribution in [2.24, 2.45) is 0 Å². The van der Waals surface area contributed by atoms with Crippen LogP contribution in [0.5, 0.6) is 0 Å². The summed E-state index contributed by atoms with van der Waals surface area (Å²) in [4.78, 5) is 44.1. The number of rotatable bonds is 10. The summed E-state index contributed by atoms with van der Waals surface area (Å²) >= 11 is 0. The first-order chi connectivity index (χ1) is 20.4. The van der Waals surface area contributed by atoms with Crippen LogP contribution in [-0.2, 0) is 0 Å². The van der Waals surface area contributed by atoms with Crippen LogP contribution >= 0.6 is 0 Å². The van der Waals surface area contributed by atoms with Gasteiger partial charge in [0.15, 0.2) is 5.82 Å². The fourth-order valence-electron chi connectivity index (χ4n) is 5.68. The second kappa shape index (κ2) is 13.3. The van der Waals surface area contributed by atoms with Crippen LogP contribution in [0.25, 0.3) is 0 Å². The van der Waals surface area contributed by atoms with Crippen LogP contribution in [0.2, 0.25) is 0 Å². The van der Waals surface area contributed by atoms with Gasteiger partial charge in [0.05, 0.1) is 17.4 Å². The highest BCUT2D eigenvalue weighted by Gasteiger charge is 2.32. The molecule has 0 spiro atoms. The van der Waals surface area contributed by atoms with Crippen LogP contribution in [0.3, 0.4) is 0 Å². The van der Waals surface area contributed by atoms with Gasteiger partial charge in [-0.1, -0.05) is 45.2 Å². The summed E-state index contributed by atoms with van der Waals surface area (Å²) in [5.41, 5.74) is 3.61. The molecule has 2 aliphatic rings. The quantitative estimate of drug-likeness (QED) is 0.296. The summed E-state index contributed by atoms with van der Waals surface area (Å²) in [5, 5.41) is 3.30. The van der Waals surface area contributed by atoms with E-state index in [4.69, 9.17) is 4.98 Å². The molecular formula is C33H43N7O2. The Morgan fingerprint density at radius 2 is 1.69 bits per heavy atom. The SMILES string of the molecule is CCCCCCN1CCN(C(=O)c2ccc(Nc3ncc4c(n3)N(C(C)CC)c3ccccc3C(=O)N4C)cc2)CC1. The van der Waals surface area contributed by atoms with Crippen molar-refractivity contribution in [1.29, 1.82) is 0 Å². The molecule has 42 heavy (non-hydrogen) atoms. The Bertz CT molecular complexity index is 1390. The highest BCUT2D eigenvalue weighted by atomic mass is 16.2. The van der Waals surface area contributed by atoms with Crippen molar-refractivity contribution in [3.63, 3.8) is 0 Å². The van der Waals surface area contributed by atoms with Gasteiger partial charge in [-0.05, 0) is 62.7 Å². The van der Waals surface area contributed by atoms with E-state index in [-0.39, 0.29) is 17.9 Å². The maximum Gasteiger partial charge on any atom is 0.260 e. The van der Waals surface area contributed by atoms with E-state index in [0.29, 0.717) is 28.6 Å². The maximum absolute atomic E-state index is 13.3. The first-order valence-corrected chi connectivity index (χ1v) is 15.3. The first kappa shape index (κ1) is 29.5. The Kier molecular flexibility index (Phi) is 9.37. The van der Waals surface area contributed by atoms with E-state index < -0.39 is 0 Å². The lowest BCUT2D eigenvalue weighted by molar-refractivity contribution is 0.0635. The predicted octanol–water partition coefficient (Wildman–Crippen LogP) is 6.08.